The molecule has 1 aromatic heterocycles. The summed E-state index contributed by atoms with van der Waals surface area (Å²) in [6.07, 6.45) is 4.02. The van der Waals surface area contributed by atoms with Crippen LogP contribution in [0.25, 0.3) is 0 Å². The SMILES string of the molecule is CN(Cc1cscn1)C(CN)CC(=O)N1CCCCC1. The normalized spacial score (nSPS) is 17.4. The number of aromatic nitrogens is 1. The van der Waals surface area contributed by atoms with Gasteiger partial charge in [0.15, 0.2) is 0 Å². The van der Waals surface area contributed by atoms with E-state index in [2.05, 4.69) is 9.88 Å². The Labute approximate surface area is 124 Å². The van der Waals surface area contributed by atoms with Gasteiger partial charge >= 0.3 is 0 Å². The number of carbonyl (C=O) groups excluding carboxylic acids is 1. The van der Waals surface area contributed by atoms with Gasteiger partial charge < -0.3 is 10.6 Å². The molecule has 20 heavy (non-hydrogen) atoms. The van der Waals surface area contributed by atoms with Crippen LogP contribution in [0.15, 0.2) is 10.9 Å². The molecule has 1 fully saturated rings. The van der Waals surface area contributed by atoms with Gasteiger partial charge in [-0.05, 0) is 26.3 Å². The summed E-state index contributed by atoms with van der Waals surface area (Å²) >= 11 is 1.59. The van der Waals surface area contributed by atoms with E-state index in [1.165, 1.54) is 6.42 Å². The minimum atomic E-state index is 0.0890. The maximum atomic E-state index is 12.3. The predicted molar refractivity (Wildman–Crippen MR) is 81.5 cm³/mol. The number of rotatable bonds is 6. The lowest BCUT2D eigenvalue weighted by Gasteiger charge is -2.31. The number of thiazole rings is 1. The first kappa shape index (κ1) is 15.4. The Hall–Kier alpha value is -0.980. The third-order valence-electron chi connectivity index (χ3n) is 3.91. The molecular formula is C14H24N4OS. The zero-order valence-electron chi connectivity index (χ0n) is 12.1. The Bertz CT molecular complexity index is 403. The fraction of sp³-hybridized carbons (Fsp3) is 0.714. The van der Waals surface area contributed by atoms with Crippen molar-refractivity contribution in [2.24, 2.45) is 5.73 Å². The van der Waals surface area contributed by atoms with Crippen molar-refractivity contribution in [2.45, 2.75) is 38.3 Å². The van der Waals surface area contributed by atoms with E-state index in [-0.39, 0.29) is 11.9 Å². The van der Waals surface area contributed by atoms with Gasteiger partial charge in [-0.2, -0.15) is 0 Å². The van der Waals surface area contributed by atoms with Crippen LogP contribution >= 0.6 is 11.3 Å². The number of likely N-dealkylation sites (N-methyl/N-ethyl adjacent to an activating group) is 1. The number of hydrogen-bond donors (Lipinski definition) is 1. The highest BCUT2D eigenvalue weighted by atomic mass is 32.1. The quantitative estimate of drug-likeness (QED) is 0.859. The fourth-order valence-corrected chi connectivity index (χ4v) is 3.14. The maximum absolute atomic E-state index is 12.3. The van der Waals surface area contributed by atoms with Crippen molar-refractivity contribution < 1.29 is 4.79 Å². The maximum Gasteiger partial charge on any atom is 0.224 e. The summed E-state index contributed by atoms with van der Waals surface area (Å²) in [6.45, 7) is 3.07. The van der Waals surface area contributed by atoms with E-state index >= 15 is 0 Å². The molecule has 1 unspecified atom stereocenters. The number of nitrogens with zero attached hydrogens (tertiary/aromatic N) is 3. The van der Waals surface area contributed by atoms with Crippen molar-refractivity contribution in [2.75, 3.05) is 26.7 Å². The van der Waals surface area contributed by atoms with Gasteiger partial charge in [-0.15, -0.1) is 11.3 Å². The van der Waals surface area contributed by atoms with Gasteiger partial charge in [-0.25, -0.2) is 4.98 Å². The van der Waals surface area contributed by atoms with Gasteiger partial charge in [-0.3, -0.25) is 9.69 Å². The standard InChI is InChI=1S/C14H24N4OS/c1-17(9-12-10-20-11-16-12)13(8-15)7-14(19)18-5-3-2-4-6-18/h10-11,13H,2-9,15H2,1H3. The Morgan fingerprint density at radius 3 is 2.85 bits per heavy atom. The molecule has 0 radical (unpaired) electrons. The summed E-state index contributed by atoms with van der Waals surface area (Å²) in [6, 6.07) is 0.0890. The van der Waals surface area contributed by atoms with E-state index in [1.54, 1.807) is 11.3 Å². The van der Waals surface area contributed by atoms with Crippen molar-refractivity contribution >= 4 is 17.2 Å². The lowest BCUT2D eigenvalue weighted by atomic mass is 10.1. The van der Waals surface area contributed by atoms with Gasteiger partial charge in [0.2, 0.25) is 5.91 Å². The summed E-state index contributed by atoms with van der Waals surface area (Å²) < 4.78 is 0. The summed E-state index contributed by atoms with van der Waals surface area (Å²) in [5.74, 6) is 0.241. The number of hydrogen-bond acceptors (Lipinski definition) is 5. The lowest BCUT2D eigenvalue weighted by Crippen LogP contribution is -2.44. The second-order valence-electron chi connectivity index (χ2n) is 5.43. The minimum absolute atomic E-state index is 0.0890. The van der Waals surface area contributed by atoms with E-state index in [0.29, 0.717) is 13.0 Å². The van der Waals surface area contributed by atoms with Gasteiger partial charge in [0, 0.05) is 44.0 Å². The topological polar surface area (TPSA) is 62.5 Å². The number of piperidine rings is 1. The van der Waals surface area contributed by atoms with Crippen molar-refractivity contribution in [1.82, 2.24) is 14.8 Å². The largest absolute Gasteiger partial charge is 0.343 e. The zero-order valence-corrected chi connectivity index (χ0v) is 12.9. The van der Waals surface area contributed by atoms with Gasteiger partial charge in [0.25, 0.3) is 0 Å². The van der Waals surface area contributed by atoms with Crippen LogP contribution in [0, 0.1) is 0 Å². The van der Waals surface area contributed by atoms with Crippen molar-refractivity contribution in [1.29, 1.82) is 0 Å². The Morgan fingerprint density at radius 1 is 1.50 bits per heavy atom. The second kappa shape index (κ2) is 7.71. The molecule has 0 aromatic carbocycles. The third kappa shape index (κ3) is 4.26. The van der Waals surface area contributed by atoms with Crippen molar-refractivity contribution in [3.05, 3.63) is 16.6 Å². The highest BCUT2D eigenvalue weighted by Gasteiger charge is 2.22. The monoisotopic (exact) mass is 296 g/mol. The van der Waals surface area contributed by atoms with Crippen LogP contribution in [0.5, 0.6) is 0 Å². The Kier molecular flexibility index (Phi) is 5.94. The van der Waals surface area contributed by atoms with Gasteiger partial charge in [0.05, 0.1) is 11.2 Å². The molecule has 2 heterocycles. The van der Waals surface area contributed by atoms with Gasteiger partial charge in [-0.1, -0.05) is 0 Å². The van der Waals surface area contributed by atoms with Crippen LogP contribution in [-0.4, -0.2) is 53.4 Å². The molecule has 6 heteroatoms. The predicted octanol–water partition coefficient (Wildman–Crippen LogP) is 1.30. The minimum Gasteiger partial charge on any atom is -0.343 e. The molecule has 1 amide bonds. The van der Waals surface area contributed by atoms with Gasteiger partial charge in [0.1, 0.15) is 0 Å². The van der Waals surface area contributed by atoms with Crippen molar-refractivity contribution in [3.63, 3.8) is 0 Å². The van der Waals surface area contributed by atoms with Crippen LogP contribution in [-0.2, 0) is 11.3 Å². The number of carbonyl (C=O) groups is 1. The molecule has 1 aliphatic heterocycles. The lowest BCUT2D eigenvalue weighted by molar-refractivity contribution is -0.133. The number of likely N-dealkylation sites (tertiary alicyclic amines) is 1. The van der Waals surface area contributed by atoms with Crippen LogP contribution in [0.4, 0.5) is 0 Å². The molecule has 0 spiro atoms. The molecular weight excluding hydrogens is 272 g/mol. The van der Waals surface area contributed by atoms with E-state index in [9.17, 15) is 4.79 Å². The van der Waals surface area contributed by atoms with E-state index in [4.69, 9.17) is 5.73 Å². The van der Waals surface area contributed by atoms with E-state index in [0.717, 1.165) is 38.2 Å². The first-order chi connectivity index (χ1) is 9.70. The molecule has 1 atom stereocenters. The van der Waals surface area contributed by atoms with Crippen molar-refractivity contribution in [3.8, 4) is 0 Å². The summed E-state index contributed by atoms with van der Waals surface area (Å²) in [7, 11) is 2.01. The second-order valence-corrected chi connectivity index (χ2v) is 6.15. The summed E-state index contributed by atoms with van der Waals surface area (Å²) in [5.41, 5.74) is 8.73. The summed E-state index contributed by atoms with van der Waals surface area (Å²) in [4.78, 5) is 20.7. The molecule has 5 nitrogen and oxygen atoms in total. The molecule has 2 rings (SSSR count). The molecule has 2 N–H and O–H groups in total. The highest BCUT2D eigenvalue weighted by Crippen LogP contribution is 2.13. The molecule has 1 saturated heterocycles. The number of amides is 1. The first-order valence-electron chi connectivity index (χ1n) is 7.26. The molecule has 1 aliphatic rings. The third-order valence-corrected chi connectivity index (χ3v) is 4.54. The average Bonchev–Trinajstić information content (AvgIpc) is 2.98. The van der Waals surface area contributed by atoms with Crippen LogP contribution in [0.2, 0.25) is 0 Å². The van der Waals surface area contributed by atoms with Crippen LogP contribution in [0.3, 0.4) is 0 Å². The fourth-order valence-electron chi connectivity index (χ4n) is 2.59. The molecule has 1 aromatic rings. The first-order valence-corrected chi connectivity index (χ1v) is 8.20. The number of nitrogens with two attached hydrogens (primary N) is 1. The van der Waals surface area contributed by atoms with E-state index in [1.807, 2.05) is 22.8 Å². The van der Waals surface area contributed by atoms with E-state index < -0.39 is 0 Å². The highest BCUT2D eigenvalue weighted by molar-refractivity contribution is 7.07. The average molecular weight is 296 g/mol. The smallest absolute Gasteiger partial charge is 0.224 e. The Balaban J connectivity index is 1.85. The van der Waals surface area contributed by atoms with Crippen LogP contribution in [0.1, 0.15) is 31.4 Å². The Morgan fingerprint density at radius 2 is 2.25 bits per heavy atom. The molecule has 112 valence electrons. The molecule has 0 bridgehead atoms. The molecule has 0 aliphatic carbocycles. The summed E-state index contributed by atoms with van der Waals surface area (Å²) in [5, 5.41) is 2.04. The van der Waals surface area contributed by atoms with Crippen LogP contribution < -0.4 is 5.73 Å². The zero-order chi connectivity index (χ0) is 14.4. The molecule has 0 saturated carbocycles.